The first kappa shape index (κ1) is 19.0. The number of nitrogens with two attached hydrogens (primary N) is 1. The zero-order chi connectivity index (χ0) is 19.8. The van der Waals surface area contributed by atoms with Crippen LogP contribution in [0.5, 0.6) is 5.88 Å². The number of aromatic nitrogens is 2. The van der Waals surface area contributed by atoms with Crippen LogP contribution >= 0.6 is 0 Å². The first-order valence-corrected chi connectivity index (χ1v) is 9.52. The van der Waals surface area contributed by atoms with Gasteiger partial charge >= 0.3 is 0 Å². The van der Waals surface area contributed by atoms with E-state index in [1.165, 1.54) is 6.20 Å². The van der Waals surface area contributed by atoms with Crippen LogP contribution in [0.15, 0.2) is 18.3 Å². The van der Waals surface area contributed by atoms with Gasteiger partial charge in [-0.05, 0) is 31.7 Å². The smallest absolute Gasteiger partial charge is 0.213 e. The minimum absolute atomic E-state index is 0.121. The van der Waals surface area contributed by atoms with Crippen LogP contribution in [-0.4, -0.2) is 57.2 Å². The van der Waals surface area contributed by atoms with Crippen molar-refractivity contribution in [1.82, 2.24) is 9.97 Å². The average molecular weight is 384 g/mol. The molecule has 8 heteroatoms. The fourth-order valence-electron chi connectivity index (χ4n) is 4.19. The van der Waals surface area contributed by atoms with Crippen LogP contribution < -0.4 is 10.5 Å². The third-order valence-corrected chi connectivity index (χ3v) is 6.00. The standard InChI is InChI=1S/C20H24N4O4/c21-10-13-11-23-15-1-2-17(27-8-7-25)24-18(15)14(13)9-16(26)20-5-3-19(22,4-6-20)12-28-20/h1-2,11,16,25-26H,3-9,12,22H2. The predicted octanol–water partition coefficient (Wildman–Crippen LogP) is 0.816. The van der Waals surface area contributed by atoms with Crippen molar-refractivity contribution in [2.75, 3.05) is 19.8 Å². The van der Waals surface area contributed by atoms with E-state index in [9.17, 15) is 10.4 Å². The van der Waals surface area contributed by atoms with Gasteiger partial charge in [0.05, 0.1) is 41.5 Å². The second kappa shape index (κ2) is 7.26. The van der Waals surface area contributed by atoms with Crippen LogP contribution in [-0.2, 0) is 11.2 Å². The van der Waals surface area contributed by atoms with E-state index in [2.05, 4.69) is 16.0 Å². The van der Waals surface area contributed by atoms with Crippen molar-refractivity contribution in [1.29, 1.82) is 5.26 Å². The van der Waals surface area contributed by atoms with E-state index in [0.717, 1.165) is 12.8 Å². The molecule has 0 amide bonds. The van der Waals surface area contributed by atoms with E-state index in [4.69, 9.17) is 20.3 Å². The number of ether oxygens (including phenoxy) is 2. The van der Waals surface area contributed by atoms with Gasteiger partial charge in [0.2, 0.25) is 5.88 Å². The molecule has 2 aromatic rings. The van der Waals surface area contributed by atoms with Gasteiger partial charge in [-0.15, -0.1) is 0 Å². The Labute approximate surface area is 162 Å². The van der Waals surface area contributed by atoms with Gasteiger partial charge in [0.1, 0.15) is 12.7 Å². The van der Waals surface area contributed by atoms with E-state index >= 15 is 0 Å². The Morgan fingerprint density at radius 2 is 2.11 bits per heavy atom. The molecule has 8 nitrogen and oxygen atoms in total. The molecule has 0 spiro atoms. The molecule has 2 bridgehead atoms. The molecule has 148 valence electrons. The normalized spacial score (nSPS) is 27.5. The topological polar surface area (TPSA) is 135 Å². The van der Waals surface area contributed by atoms with Crippen LogP contribution in [0.1, 0.15) is 36.8 Å². The molecule has 2 saturated heterocycles. The molecule has 0 aromatic carbocycles. The molecule has 2 aromatic heterocycles. The highest BCUT2D eigenvalue weighted by Crippen LogP contribution is 2.45. The lowest BCUT2D eigenvalue weighted by atomic mass is 9.68. The number of aliphatic hydroxyl groups is 2. The molecule has 28 heavy (non-hydrogen) atoms. The van der Waals surface area contributed by atoms with Crippen molar-refractivity contribution in [3.8, 4) is 11.9 Å². The maximum absolute atomic E-state index is 11.1. The number of rotatable bonds is 6. The Morgan fingerprint density at radius 3 is 2.75 bits per heavy atom. The second-order valence-corrected chi connectivity index (χ2v) is 7.79. The summed E-state index contributed by atoms with van der Waals surface area (Å²) in [6.45, 7) is 0.452. The summed E-state index contributed by atoms with van der Waals surface area (Å²) in [5, 5.41) is 29.6. The Balaban J connectivity index is 1.67. The first-order valence-electron chi connectivity index (χ1n) is 9.52. The van der Waals surface area contributed by atoms with Crippen LogP contribution in [0, 0.1) is 11.3 Å². The minimum atomic E-state index is -0.779. The number of hydrogen-bond acceptors (Lipinski definition) is 8. The van der Waals surface area contributed by atoms with E-state index in [-0.39, 0.29) is 25.2 Å². The third-order valence-electron chi connectivity index (χ3n) is 6.00. The fourth-order valence-corrected chi connectivity index (χ4v) is 4.19. The summed E-state index contributed by atoms with van der Waals surface area (Å²) in [5.74, 6) is 0.340. The lowest BCUT2D eigenvalue weighted by Gasteiger charge is -2.53. The lowest BCUT2D eigenvalue weighted by Crippen LogP contribution is -2.63. The van der Waals surface area contributed by atoms with Crippen molar-refractivity contribution < 1.29 is 19.7 Å². The quantitative estimate of drug-likeness (QED) is 0.666. The van der Waals surface area contributed by atoms with Crippen LogP contribution in [0.2, 0.25) is 0 Å². The summed E-state index contributed by atoms with van der Waals surface area (Å²) in [4.78, 5) is 8.76. The van der Waals surface area contributed by atoms with Gasteiger partial charge in [-0.2, -0.15) is 5.26 Å². The van der Waals surface area contributed by atoms with Gasteiger partial charge in [0, 0.05) is 29.8 Å². The summed E-state index contributed by atoms with van der Waals surface area (Å²) in [6.07, 6.45) is 4.01. The Kier molecular flexibility index (Phi) is 4.93. The van der Waals surface area contributed by atoms with Crippen molar-refractivity contribution in [3.63, 3.8) is 0 Å². The monoisotopic (exact) mass is 384 g/mol. The number of aliphatic hydroxyl groups excluding tert-OH is 2. The molecule has 5 rings (SSSR count). The molecule has 3 aliphatic rings. The van der Waals surface area contributed by atoms with Gasteiger partial charge in [-0.1, -0.05) is 0 Å². The highest BCUT2D eigenvalue weighted by atomic mass is 16.5. The molecule has 4 heterocycles. The molecular weight excluding hydrogens is 360 g/mol. The van der Waals surface area contributed by atoms with Gasteiger partial charge in [0.25, 0.3) is 0 Å². The van der Waals surface area contributed by atoms with Crippen molar-refractivity contribution >= 4 is 11.0 Å². The maximum Gasteiger partial charge on any atom is 0.213 e. The van der Waals surface area contributed by atoms with Crippen molar-refractivity contribution in [2.45, 2.75) is 49.3 Å². The first-order chi connectivity index (χ1) is 13.5. The molecular formula is C20H24N4O4. The zero-order valence-corrected chi connectivity index (χ0v) is 15.6. The van der Waals surface area contributed by atoms with Crippen LogP contribution in [0.25, 0.3) is 11.0 Å². The molecule has 1 unspecified atom stereocenters. The summed E-state index contributed by atoms with van der Waals surface area (Å²) < 4.78 is 11.4. The number of pyridine rings is 2. The van der Waals surface area contributed by atoms with Gasteiger partial charge in [-0.25, -0.2) is 4.98 Å². The Morgan fingerprint density at radius 1 is 1.32 bits per heavy atom. The number of nitriles is 1. The van der Waals surface area contributed by atoms with Crippen molar-refractivity contribution in [3.05, 3.63) is 29.5 Å². The third kappa shape index (κ3) is 3.31. The highest BCUT2D eigenvalue weighted by Gasteiger charge is 2.51. The molecule has 1 aliphatic carbocycles. The SMILES string of the molecule is N#Cc1cnc2ccc(OCCO)nc2c1CC(O)C12CCC(N)(CC1)CO2. The summed E-state index contributed by atoms with van der Waals surface area (Å²) >= 11 is 0. The number of fused-ring (bicyclic) bond motifs is 4. The maximum atomic E-state index is 11.1. The molecule has 1 atom stereocenters. The van der Waals surface area contributed by atoms with E-state index in [1.54, 1.807) is 12.1 Å². The van der Waals surface area contributed by atoms with Gasteiger partial charge in [0.15, 0.2) is 0 Å². The summed E-state index contributed by atoms with van der Waals surface area (Å²) in [5.41, 5.74) is 7.51. The van der Waals surface area contributed by atoms with E-state index < -0.39 is 11.7 Å². The van der Waals surface area contributed by atoms with Crippen LogP contribution in [0.4, 0.5) is 0 Å². The largest absolute Gasteiger partial charge is 0.475 e. The second-order valence-electron chi connectivity index (χ2n) is 7.79. The highest BCUT2D eigenvalue weighted by molar-refractivity contribution is 5.80. The van der Waals surface area contributed by atoms with Crippen molar-refractivity contribution in [2.24, 2.45) is 5.73 Å². The predicted molar refractivity (Wildman–Crippen MR) is 101 cm³/mol. The fraction of sp³-hybridized carbons (Fsp3) is 0.550. The van der Waals surface area contributed by atoms with Gasteiger partial charge < -0.3 is 25.4 Å². The Hall–Kier alpha value is -2.31. The molecule has 4 N–H and O–H groups in total. The summed E-state index contributed by atoms with van der Waals surface area (Å²) in [7, 11) is 0. The summed E-state index contributed by atoms with van der Waals surface area (Å²) in [6, 6.07) is 5.57. The number of nitrogens with zero attached hydrogens (tertiary/aromatic N) is 3. The van der Waals surface area contributed by atoms with Crippen LogP contribution in [0.3, 0.4) is 0 Å². The van der Waals surface area contributed by atoms with E-state index in [0.29, 0.717) is 47.5 Å². The average Bonchev–Trinajstić information content (AvgIpc) is 2.73. The molecule has 1 saturated carbocycles. The lowest BCUT2D eigenvalue weighted by molar-refractivity contribution is -0.201. The number of hydrogen-bond donors (Lipinski definition) is 3. The molecule has 3 fully saturated rings. The minimum Gasteiger partial charge on any atom is -0.475 e. The van der Waals surface area contributed by atoms with Gasteiger partial charge in [-0.3, -0.25) is 4.98 Å². The Bertz CT molecular complexity index is 902. The molecule has 0 radical (unpaired) electrons. The van der Waals surface area contributed by atoms with E-state index in [1.807, 2.05) is 0 Å². The molecule has 2 aliphatic heterocycles. The zero-order valence-electron chi connectivity index (χ0n) is 15.6.